The van der Waals surface area contributed by atoms with Crippen LogP contribution in [-0.4, -0.2) is 28.9 Å². The van der Waals surface area contributed by atoms with Crippen LogP contribution in [0, 0.1) is 0 Å². The van der Waals surface area contributed by atoms with Crippen LogP contribution >= 0.6 is 0 Å². The SMILES string of the molecule is NC(=O)C[C@@H](NC(=O)CCc1ccccc1N)C(=O)O. The summed E-state index contributed by atoms with van der Waals surface area (Å²) in [5.41, 5.74) is 12.0. The van der Waals surface area contributed by atoms with Gasteiger partial charge < -0.3 is 21.9 Å². The molecule has 7 nitrogen and oxygen atoms in total. The van der Waals surface area contributed by atoms with Crippen molar-refractivity contribution in [2.75, 3.05) is 5.73 Å². The van der Waals surface area contributed by atoms with Crippen LogP contribution in [0.5, 0.6) is 0 Å². The van der Waals surface area contributed by atoms with Crippen molar-refractivity contribution in [3.63, 3.8) is 0 Å². The van der Waals surface area contributed by atoms with E-state index in [0.29, 0.717) is 12.1 Å². The Hall–Kier alpha value is -2.57. The number of carbonyl (C=O) groups is 3. The molecule has 6 N–H and O–H groups in total. The first-order valence-corrected chi connectivity index (χ1v) is 6.04. The molecule has 0 unspecified atom stereocenters. The average Bonchev–Trinajstić information content (AvgIpc) is 2.36. The summed E-state index contributed by atoms with van der Waals surface area (Å²) >= 11 is 0. The number of benzene rings is 1. The Morgan fingerprint density at radius 1 is 1.25 bits per heavy atom. The predicted octanol–water partition coefficient (Wildman–Crippen LogP) is -0.354. The highest BCUT2D eigenvalue weighted by Gasteiger charge is 2.21. The molecule has 1 aromatic carbocycles. The van der Waals surface area contributed by atoms with E-state index in [-0.39, 0.29) is 6.42 Å². The smallest absolute Gasteiger partial charge is 0.326 e. The Kier molecular flexibility index (Phi) is 5.52. The second-order valence-corrected chi connectivity index (χ2v) is 4.33. The van der Waals surface area contributed by atoms with E-state index in [1.165, 1.54) is 0 Å². The molecule has 2 amide bonds. The first-order chi connectivity index (χ1) is 9.40. The van der Waals surface area contributed by atoms with E-state index in [9.17, 15) is 14.4 Å². The minimum atomic E-state index is -1.30. The lowest BCUT2D eigenvalue weighted by Crippen LogP contribution is -2.43. The van der Waals surface area contributed by atoms with Gasteiger partial charge in [0.1, 0.15) is 6.04 Å². The summed E-state index contributed by atoms with van der Waals surface area (Å²) in [7, 11) is 0. The quantitative estimate of drug-likeness (QED) is 0.506. The van der Waals surface area contributed by atoms with Crippen molar-refractivity contribution in [2.45, 2.75) is 25.3 Å². The summed E-state index contributed by atoms with van der Waals surface area (Å²) < 4.78 is 0. The molecule has 0 aliphatic heterocycles. The van der Waals surface area contributed by atoms with E-state index in [4.69, 9.17) is 16.6 Å². The highest BCUT2D eigenvalue weighted by molar-refractivity contribution is 5.88. The number of rotatable bonds is 7. The molecular formula is C13H17N3O4. The van der Waals surface area contributed by atoms with Crippen LogP contribution in [0.25, 0.3) is 0 Å². The molecule has 7 heteroatoms. The highest BCUT2D eigenvalue weighted by atomic mass is 16.4. The number of aliphatic carboxylic acids is 1. The second kappa shape index (κ2) is 7.13. The summed E-state index contributed by atoms with van der Waals surface area (Å²) in [6.07, 6.45) is 0.0344. The van der Waals surface area contributed by atoms with Crippen molar-refractivity contribution in [3.8, 4) is 0 Å². The van der Waals surface area contributed by atoms with E-state index < -0.39 is 30.2 Å². The Balaban J connectivity index is 2.52. The third-order valence-corrected chi connectivity index (χ3v) is 2.72. The number of para-hydroxylation sites is 1. The van der Waals surface area contributed by atoms with Crippen LogP contribution in [-0.2, 0) is 20.8 Å². The largest absolute Gasteiger partial charge is 0.480 e. The van der Waals surface area contributed by atoms with Crippen LogP contribution in [0.15, 0.2) is 24.3 Å². The summed E-state index contributed by atoms with van der Waals surface area (Å²) in [4.78, 5) is 33.2. The molecule has 1 atom stereocenters. The van der Waals surface area contributed by atoms with Gasteiger partial charge in [-0.1, -0.05) is 18.2 Å². The summed E-state index contributed by atoms with van der Waals surface area (Å²) in [6, 6.07) is 5.80. The maximum absolute atomic E-state index is 11.7. The number of carboxylic acids is 1. The number of hydrogen-bond donors (Lipinski definition) is 4. The molecule has 0 bridgehead atoms. The fourth-order valence-corrected chi connectivity index (χ4v) is 1.68. The molecule has 0 aromatic heterocycles. The minimum Gasteiger partial charge on any atom is -0.480 e. The first kappa shape index (κ1) is 15.5. The van der Waals surface area contributed by atoms with E-state index in [1.807, 2.05) is 0 Å². The Morgan fingerprint density at radius 2 is 1.90 bits per heavy atom. The molecule has 0 saturated carbocycles. The minimum absolute atomic E-state index is 0.0801. The topological polar surface area (TPSA) is 136 Å². The lowest BCUT2D eigenvalue weighted by molar-refractivity contribution is -0.143. The fourth-order valence-electron chi connectivity index (χ4n) is 1.68. The molecule has 1 aromatic rings. The fraction of sp³-hybridized carbons (Fsp3) is 0.308. The predicted molar refractivity (Wildman–Crippen MR) is 72.6 cm³/mol. The molecule has 0 radical (unpaired) electrons. The zero-order chi connectivity index (χ0) is 15.1. The Labute approximate surface area is 115 Å². The molecule has 0 spiro atoms. The number of nitrogens with one attached hydrogen (secondary N) is 1. The number of hydrogen-bond acceptors (Lipinski definition) is 4. The standard InChI is InChI=1S/C13H17N3O4/c14-9-4-2-1-3-8(9)5-6-12(18)16-10(13(19)20)7-11(15)17/h1-4,10H,5-7,14H2,(H2,15,17)(H,16,18)(H,19,20)/t10-/m1/s1. The molecular weight excluding hydrogens is 262 g/mol. The van der Waals surface area contributed by atoms with Crippen LogP contribution in [0.1, 0.15) is 18.4 Å². The number of amides is 2. The number of carboxylic acid groups (broad SMARTS) is 1. The van der Waals surface area contributed by atoms with Gasteiger partial charge >= 0.3 is 5.97 Å². The van der Waals surface area contributed by atoms with Crippen LogP contribution < -0.4 is 16.8 Å². The monoisotopic (exact) mass is 279 g/mol. The van der Waals surface area contributed by atoms with Crippen molar-refractivity contribution >= 4 is 23.5 Å². The van der Waals surface area contributed by atoms with Gasteiger partial charge in [-0.3, -0.25) is 9.59 Å². The molecule has 20 heavy (non-hydrogen) atoms. The van der Waals surface area contributed by atoms with Gasteiger partial charge in [0.25, 0.3) is 0 Å². The molecule has 0 heterocycles. The lowest BCUT2D eigenvalue weighted by Gasteiger charge is -2.13. The third kappa shape index (κ3) is 4.97. The molecule has 0 aliphatic carbocycles. The number of anilines is 1. The number of aryl methyl sites for hydroxylation is 1. The van der Waals surface area contributed by atoms with Gasteiger partial charge in [-0.2, -0.15) is 0 Å². The number of primary amides is 1. The number of carbonyl (C=O) groups excluding carboxylic acids is 2. The zero-order valence-electron chi connectivity index (χ0n) is 10.8. The third-order valence-electron chi connectivity index (χ3n) is 2.72. The lowest BCUT2D eigenvalue weighted by atomic mass is 10.1. The van der Waals surface area contributed by atoms with Gasteiger partial charge in [-0.15, -0.1) is 0 Å². The van der Waals surface area contributed by atoms with Gasteiger partial charge in [-0.25, -0.2) is 4.79 Å². The van der Waals surface area contributed by atoms with Gasteiger partial charge in [0.2, 0.25) is 11.8 Å². The van der Waals surface area contributed by atoms with E-state index in [0.717, 1.165) is 5.56 Å². The van der Waals surface area contributed by atoms with Crippen molar-refractivity contribution in [1.82, 2.24) is 5.32 Å². The van der Waals surface area contributed by atoms with Gasteiger partial charge in [0.15, 0.2) is 0 Å². The second-order valence-electron chi connectivity index (χ2n) is 4.33. The Morgan fingerprint density at radius 3 is 2.45 bits per heavy atom. The maximum atomic E-state index is 11.7. The Bertz CT molecular complexity index is 516. The maximum Gasteiger partial charge on any atom is 0.326 e. The van der Waals surface area contributed by atoms with E-state index >= 15 is 0 Å². The zero-order valence-corrected chi connectivity index (χ0v) is 10.8. The van der Waals surface area contributed by atoms with Gasteiger partial charge in [0.05, 0.1) is 6.42 Å². The highest BCUT2D eigenvalue weighted by Crippen LogP contribution is 2.12. The van der Waals surface area contributed by atoms with Crippen molar-refractivity contribution in [3.05, 3.63) is 29.8 Å². The summed E-state index contributed by atoms with van der Waals surface area (Å²) in [5.74, 6) is -2.55. The molecule has 0 fully saturated rings. The molecule has 0 aliphatic rings. The number of nitrogens with two attached hydrogens (primary N) is 2. The van der Waals surface area contributed by atoms with Gasteiger partial charge in [-0.05, 0) is 18.1 Å². The summed E-state index contributed by atoms with van der Waals surface area (Å²) in [6.45, 7) is 0. The molecule has 108 valence electrons. The van der Waals surface area contributed by atoms with Gasteiger partial charge in [0, 0.05) is 12.1 Å². The van der Waals surface area contributed by atoms with Crippen LogP contribution in [0.3, 0.4) is 0 Å². The molecule has 0 saturated heterocycles. The first-order valence-electron chi connectivity index (χ1n) is 6.04. The molecule has 1 rings (SSSR count). The van der Waals surface area contributed by atoms with Crippen molar-refractivity contribution in [1.29, 1.82) is 0 Å². The normalized spacial score (nSPS) is 11.6. The van der Waals surface area contributed by atoms with Crippen LogP contribution in [0.2, 0.25) is 0 Å². The summed E-state index contributed by atoms with van der Waals surface area (Å²) in [5, 5.41) is 11.1. The van der Waals surface area contributed by atoms with E-state index in [1.54, 1.807) is 24.3 Å². The van der Waals surface area contributed by atoms with Crippen LogP contribution in [0.4, 0.5) is 5.69 Å². The van der Waals surface area contributed by atoms with Crippen molar-refractivity contribution in [2.24, 2.45) is 5.73 Å². The van der Waals surface area contributed by atoms with Crippen molar-refractivity contribution < 1.29 is 19.5 Å². The number of nitrogen functional groups attached to an aromatic ring is 1. The van der Waals surface area contributed by atoms with E-state index in [2.05, 4.69) is 5.32 Å². The average molecular weight is 279 g/mol.